The van der Waals surface area contributed by atoms with E-state index in [2.05, 4.69) is 108 Å². The summed E-state index contributed by atoms with van der Waals surface area (Å²) in [5, 5.41) is 4.28. The lowest BCUT2D eigenvalue weighted by atomic mass is 9.73. The third kappa shape index (κ3) is 4.47. The monoisotopic (exact) mass is 592 g/mol. The smallest absolute Gasteiger partial charge is 0.118 e. The summed E-state index contributed by atoms with van der Waals surface area (Å²) in [5.74, 6) is 1.72. The third-order valence-electron chi connectivity index (χ3n) is 6.99. The first-order valence-corrected chi connectivity index (χ1v) is 16.2. The lowest BCUT2D eigenvalue weighted by Gasteiger charge is -2.32. The summed E-state index contributed by atoms with van der Waals surface area (Å²) in [6.45, 7) is 0. The second kappa shape index (κ2) is 10.7. The van der Waals surface area contributed by atoms with E-state index in [9.17, 15) is 0 Å². The SMILES string of the molecule is COc1ccc(C2=C(c3ccc(-c4cccs4)s3)C(c3ccc(OC)cc3)=C2c2ccc(-c3cccs3)s2)cc1. The topological polar surface area (TPSA) is 18.5 Å². The highest BCUT2D eigenvalue weighted by Crippen LogP contribution is 2.59. The van der Waals surface area contributed by atoms with Gasteiger partial charge in [-0.05, 0) is 82.6 Å². The molecule has 4 aromatic heterocycles. The predicted octanol–water partition coefficient (Wildman–Crippen LogP) is 10.8. The zero-order valence-electron chi connectivity index (χ0n) is 21.8. The Bertz CT molecular complexity index is 1680. The maximum Gasteiger partial charge on any atom is 0.118 e. The molecule has 0 atom stereocenters. The van der Waals surface area contributed by atoms with Gasteiger partial charge in [-0.2, -0.15) is 0 Å². The number of allylic oxidation sites excluding steroid dienone is 4. The highest BCUT2D eigenvalue weighted by atomic mass is 32.1. The van der Waals surface area contributed by atoms with Crippen LogP contribution in [0.25, 0.3) is 41.8 Å². The van der Waals surface area contributed by atoms with Crippen molar-refractivity contribution in [2.75, 3.05) is 14.2 Å². The molecule has 0 bridgehead atoms. The Morgan fingerprint density at radius 3 is 1.15 bits per heavy atom. The van der Waals surface area contributed by atoms with Crippen LogP contribution in [0, 0.1) is 0 Å². The number of benzene rings is 2. The van der Waals surface area contributed by atoms with Crippen molar-refractivity contribution >= 4 is 67.6 Å². The predicted molar refractivity (Wildman–Crippen MR) is 175 cm³/mol. The van der Waals surface area contributed by atoms with E-state index in [-0.39, 0.29) is 0 Å². The van der Waals surface area contributed by atoms with E-state index in [4.69, 9.17) is 9.47 Å². The molecule has 40 heavy (non-hydrogen) atoms. The first-order valence-electron chi connectivity index (χ1n) is 12.8. The van der Waals surface area contributed by atoms with Crippen LogP contribution in [0.1, 0.15) is 20.9 Å². The third-order valence-corrected chi connectivity index (χ3v) is 11.3. The molecule has 0 amide bonds. The summed E-state index contributed by atoms with van der Waals surface area (Å²) < 4.78 is 11.0. The molecule has 1 aliphatic rings. The van der Waals surface area contributed by atoms with E-state index in [1.807, 2.05) is 22.7 Å². The van der Waals surface area contributed by atoms with Gasteiger partial charge in [-0.3, -0.25) is 0 Å². The van der Waals surface area contributed by atoms with E-state index in [1.54, 1.807) is 36.9 Å². The molecule has 0 spiro atoms. The van der Waals surface area contributed by atoms with Crippen molar-refractivity contribution in [2.45, 2.75) is 0 Å². The van der Waals surface area contributed by atoms with Crippen LogP contribution in [0.4, 0.5) is 0 Å². The average molecular weight is 593 g/mol. The van der Waals surface area contributed by atoms with Crippen LogP contribution in [0.3, 0.4) is 0 Å². The summed E-state index contributed by atoms with van der Waals surface area (Å²) in [6.07, 6.45) is 0. The van der Waals surface area contributed by atoms with Crippen molar-refractivity contribution in [3.63, 3.8) is 0 Å². The Hall–Kier alpha value is -3.68. The molecule has 2 nitrogen and oxygen atoms in total. The van der Waals surface area contributed by atoms with E-state index < -0.39 is 0 Å². The second-order valence-electron chi connectivity index (χ2n) is 9.24. The van der Waals surface area contributed by atoms with Crippen LogP contribution in [0.15, 0.2) is 108 Å². The molecule has 1 aliphatic carbocycles. The van der Waals surface area contributed by atoms with Gasteiger partial charge < -0.3 is 9.47 Å². The molecule has 6 heteroatoms. The summed E-state index contributed by atoms with van der Waals surface area (Å²) in [4.78, 5) is 7.75. The number of thiophene rings is 4. The van der Waals surface area contributed by atoms with Crippen LogP contribution in [-0.4, -0.2) is 14.2 Å². The molecular formula is C34H24O2S4. The van der Waals surface area contributed by atoms with Crippen LogP contribution in [0.5, 0.6) is 11.5 Å². The second-order valence-corrected chi connectivity index (χ2v) is 13.3. The number of methoxy groups -OCH3 is 2. The summed E-state index contributed by atoms with van der Waals surface area (Å²) in [5.41, 5.74) is 7.55. The largest absolute Gasteiger partial charge is 0.497 e. The molecule has 0 N–H and O–H groups in total. The van der Waals surface area contributed by atoms with E-state index in [0.717, 1.165) is 11.5 Å². The summed E-state index contributed by atoms with van der Waals surface area (Å²) >= 11 is 7.29. The maximum absolute atomic E-state index is 5.49. The Morgan fingerprint density at radius 2 is 0.800 bits per heavy atom. The van der Waals surface area contributed by atoms with Gasteiger partial charge in [0.2, 0.25) is 0 Å². The minimum Gasteiger partial charge on any atom is -0.497 e. The van der Waals surface area contributed by atoms with Crippen LogP contribution in [-0.2, 0) is 0 Å². The molecule has 0 saturated heterocycles. The van der Waals surface area contributed by atoms with Crippen molar-refractivity contribution in [3.05, 3.63) is 129 Å². The quantitative estimate of drug-likeness (QED) is 0.175. The zero-order chi connectivity index (χ0) is 27.1. The fourth-order valence-corrected chi connectivity index (χ4v) is 8.87. The zero-order valence-corrected chi connectivity index (χ0v) is 25.1. The van der Waals surface area contributed by atoms with Gasteiger partial charge in [-0.1, -0.05) is 36.4 Å². The van der Waals surface area contributed by atoms with Gasteiger partial charge >= 0.3 is 0 Å². The fourth-order valence-electron chi connectivity index (χ4n) is 5.07. The van der Waals surface area contributed by atoms with Crippen molar-refractivity contribution < 1.29 is 9.47 Å². The van der Waals surface area contributed by atoms with Crippen LogP contribution in [0.2, 0.25) is 0 Å². The van der Waals surface area contributed by atoms with Crippen molar-refractivity contribution in [1.82, 2.24) is 0 Å². The number of hydrogen-bond acceptors (Lipinski definition) is 6. The molecule has 7 rings (SSSR count). The lowest BCUT2D eigenvalue weighted by Crippen LogP contribution is -2.09. The number of rotatable bonds is 8. The molecule has 0 saturated carbocycles. The highest BCUT2D eigenvalue weighted by molar-refractivity contribution is 7.23. The minimum absolute atomic E-state index is 0.860. The van der Waals surface area contributed by atoms with Crippen LogP contribution < -0.4 is 9.47 Å². The number of hydrogen-bond donors (Lipinski definition) is 0. The average Bonchev–Trinajstić information content (AvgIpc) is 3.81. The minimum atomic E-state index is 0.860. The van der Waals surface area contributed by atoms with E-state index >= 15 is 0 Å². The molecule has 6 aromatic rings. The molecule has 0 radical (unpaired) electrons. The Morgan fingerprint density at radius 1 is 0.400 bits per heavy atom. The maximum atomic E-state index is 5.49. The molecule has 0 unspecified atom stereocenters. The van der Waals surface area contributed by atoms with Gasteiger partial charge in [-0.25, -0.2) is 0 Å². The van der Waals surface area contributed by atoms with Gasteiger partial charge in [0.1, 0.15) is 11.5 Å². The van der Waals surface area contributed by atoms with Gasteiger partial charge in [0, 0.05) is 51.6 Å². The Kier molecular flexibility index (Phi) is 6.77. The van der Waals surface area contributed by atoms with Crippen molar-refractivity contribution in [3.8, 4) is 31.0 Å². The van der Waals surface area contributed by atoms with Gasteiger partial charge in [0.25, 0.3) is 0 Å². The van der Waals surface area contributed by atoms with Crippen molar-refractivity contribution in [2.24, 2.45) is 0 Å². The normalized spacial score (nSPS) is 13.1. The standard InChI is InChI=1S/C34H24O2S4/c1-35-23-11-7-21(8-12-23)31-33(29-17-15-27(39-29)25-5-3-19-37-25)32(22-9-13-24(36-2)14-10-22)34(31)30-18-16-28(40-30)26-6-4-20-38-26/h3-20H,1-2H3. The molecule has 2 aromatic carbocycles. The molecule has 0 aliphatic heterocycles. The highest BCUT2D eigenvalue weighted by Gasteiger charge is 2.35. The Labute approximate surface area is 249 Å². The first-order chi connectivity index (χ1) is 19.7. The van der Waals surface area contributed by atoms with Gasteiger partial charge in [-0.15, -0.1) is 45.3 Å². The Balaban J connectivity index is 1.44. The van der Waals surface area contributed by atoms with Crippen molar-refractivity contribution in [1.29, 1.82) is 0 Å². The number of ether oxygens (including phenoxy) is 2. The van der Waals surface area contributed by atoms with Gasteiger partial charge in [0.15, 0.2) is 0 Å². The first kappa shape index (κ1) is 25.3. The van der Waals surface area contributed by atoms with Gasteiger partial charge in [0.05, 0.1) is 14.2 Å². The lowest BCUT2D eigenvalue weighted by molar-refractivity contribution is 0.414. The summed E-state index contributed by atoms with van der Waals surface area (Å²) in [6, 6.07) is 34.7. The van der Waals surface area contributed by atoms with E-state index in [0.29, 0.717) is 0 Å². The molecule has 4 heterocycles. The molecule has 0 fully saturated rings. The summed E-state index contributed by atoms with van der Waals surface area (Å²) in [7, 11) is 3.43. The molecular weight excluding hydrogens is 569 g/mol. The van der Waals surface area contributed by atoms with E-state index in [1.165, 1.54) is 62.7 Å². The fraction of sp³-hybridized carbons (Fsp3) is 0.0588. The molecule has 196 valence electrons. The van der Waals surface area contributed by atoms with Crippen LogP contribution >= 0.6 is 45.3 Å².